The fourth-order valence-corrected chi connectivity index (χ4v) is 3.14. The van der Waals surface area contributed by atoms with Crippen molar-refractivity contribution in [2.45, 2.75) is 57.2 Å². The van der Waals surface area contributed by atoms with Crippen molar-refractivity contribution in [2.75, 3.05) is 13.2 Å². The SMILES string of the molecule is CCCO[C@@H]1O[C@@H]2CO[C@@H](c3ccccc3)O[C@H]2[C@@H](O)[C@H]1NC(C)=O. The number of carbonyl (C=O) groups excluding carboxylic acids is 1. The van der Waals surface area contributed by atoms with Crippen LogP contribution in [0, 0.1) is 0 Å². The van der Waals surface area contributed by atoms with Crippen LogP contribution < -0.4 is 5.32 Å². The van der Waals surface area contributed by atoms with E-state index in [2.05, 4.69) is 5.32 Å². The molecule has 0 aliphatic carbocycles. The number of rotatable bonds is 5. The second kappa shape index (κ2) is 8.25. The summed E-state index contributed by atoms with van der Waals surface area (Å²) in [6, 6.07) is 8.82. The molecule has 0 bridgehead atoms. The molecule has 2 aliphatic heterocycles. The smallest absolute Gasteiger partial charge is 0.217 e. The lowest BCUT2D eigenvalue weighted by molar-refractivity contribution is -0.344. The van der Waals surface area contributed by atoms with Crippen LogP contribution in [0.25, 0.3) is 0 Å². The lowest BCUT2D eigenvalue weighted by atomic mass is 9.95. The Morgan fingerprint density at radius 1 is 1.32 bits per heavy atom. The fourth-order valence-electron chi connectivity index (χ4n) is 3.14. The lowest BCUT2D eigenvalue weighted by Gasteiger charge is -2.47. The molecule has 0 unspecified atom stereocenters. The van der Waals surface area contributed by atoms with Gasteiger partial charge in [0.15, 0.2) is 12.6 Å². The van der Waals surface area contributed by atoms with Crippen molar-refractivity contribution in [3.05, 3.63) is 35.9 Å². The number of aliphatic hydroxyl groups excluding tert-OH is 1. The van der Waals surface area contributed by atoms with Gasteiger partial charge in [0.25, 0.3) is 0 Å². The topological polar surface area (TPSA) is 86.2 Å². The number of ether oxygens (including phenoxy) is 4. The number of benzene rings is 1. The van der Waals surface area contributed by atoms with Crippen molar-refractivity contribution in [1.29, 1.82) is 0 Å². The molecule has 0 saturated carbocycles. The third kappa shape index (κ3) is 4.19. The number of fused-ring (bicyclic) bond motifs is 1. The molecule has 1 amide bonds. The highest BCUT2D eigenvalue weighted by Gasteiger charge is 2.50. The molecule has 2 saturated heterocycles. The molecule has 2 aliphatic rings. The van der Waals surface area contributed by atoms with Crippen LogP contribution in [0.4, 0.5) is 0 Å². The fraction of sp³-hybridized carbons (Fsp3) is 0.611. The summed E-state index contributed by atoms with van der Waals surface area (Å²) in [6.45, 7) is 4.12. The Kier molecular flexibility index (Phi) is 6.03. The molecule has 2 N–H and O–H groups in total. The quantitative estimate of drug-likeness (QED) is 0.827. The van der Waals surface area contributed by atoms with Gasteiger partial charge in [-0.05, 0) is 6.42 Å². The summed E-state index contributed by atoms with van der Waals surface area (Å²) in [5.74, 6) is -0.261. The van der Waals surface area contributed by atoms with E-state index in [0.29, 0.717) is 6.61 Å². The van der Waals surface area contributed by atoms with Crippen molar-refractivity contribution >= 4 is 5.91 Å². The highest BCUT2D eigenvalue weighted by Crippen LogP contribution is 2.34. The molecule has 0 spiro atoms. The highest BCUT2D eigenvalue weighted by atomic mass is 16.7. The Bertz CT molecular complexity index is 568. The molecule has 138 valence electrons. The molecule has 2 fully saturated rings. The summed E-state index contributed by atoms with van der Waals surface area (Å²) in [5.41, 5.74) is 0.869. The summed E-state index contributed by atoms with van der Waals surface area (Å²) < 4.78 is 23.3. The zero-order chi connectivity index (χ0) is 17.8. The van der Waals surface area contributed by atoms with Crippen LogP contribution in [0.5, 0.6) is 0 Å². The minimum absolute atomic E-state index is 0.261. The number of nitrogens with one attached hydrogen (secondary N) is 1. The van der Waals surface area contributed by atoms with E-state index in [1.807, 2.05) is 37.3 Å². The molecular weight excluding hydrogens is 326 g/mol. The highest BCUT2D eigenvalue weighted by molar-refractivity contribution is 5.73. The Morgan fingerprint density at radius 3 is 2.76 bits per heavy atom. The van der Waals surface area contributed by atoms with Crippen molar-refractivity contribution in [3.8, 4) is 0 Å². The Balaban J connectivity index is 1.74. The number of hydrogen-bond donors (Lipinski definition) is 2. The van der Waals surface area contributed by atoms with Crippen LogP contribution in [-0.4, -0.2) is 54.9 Å². The van der Waals surface area contributed by atoms with Crippen LogP contribution in [-0.2, 0) is 23.7 Å². The van der Waals surface area contributed by atoms with Gasteiger partial charge in [-0.3, -0.25) is 4.79 Å². The van der Waals surface area contributed by atoms with Gasteiger partial charge in [0.1, 0.15) is 24.4 Å². The van der Waals surface area contributed by atoms with E-state index in [4.69, 9.17) is 18.9 Å². The van der Waals surface area contributed by atoms with Crippen molar-refractivity contribution in [2.24, 2.45) is 0 Å². The summed E-state index contributed by atoms with van der Waals surface area (Å²) in [5, 5.41) is 13.5. The Morgan fingerprint density at radius 2 is 2.08 bits per heavy atom. The molecule has 3 rings (SSSR count). The molecule has 1 aromatic carbocycles. The molecule has 6 atom stereocenters. The monoisotopic (exact) mass is 351 g/mol. The number of hydrogen-bond acceptors (Lipinski definition) is 6. The average molecular weight is 351 g/mol. The van der Waals surface area contributed by atoms with E-state index in [0.717, 1.165) is 12.0 Å². The van der Waals surface area contributed by atoms with Gasteiger partial charge >= 0.3 is 0 Å². The van der Waals surface area contributed by atoms with Crippen LogP contribution in [0.2, 0.25) is 0 Å². The van der Waals surface area contributed by atoms with Gasteiger partial charge in [-0.25, -0.2) is 0 Å². The summed E-state index contributed by atoms with van der Waals surface area (Å²) in [7, 11) is 0. The predicted octanol–water partition coefficient (Wildman–Crippen LogP) is 1.12. The summed E-state index contributed by atoms with van der Waals surface area (Å²) >= 11 is 0. The molecule has 2 heterocycles. The molecule has 7 nitrogen and oxygen atoms in total. The van der Waals surface area contributed by atoms with Crippen LogP contribution in [0.15, 0.2) is 30.3 Å². The molecule has 25 heavy (non-hydrogen) atoms. The maximum atomic E-state index is 11.5. The zero-order valence-electron chi connectivity index (χ0n) is 14.5. The van der Waals surface area contributed by atoms with Crippen molar-refractivity contribution in [1.82, 2.24) is 5.32 Å². The van der Waals surface area contributed by atoms with Gasteiger partial charge in [0.05, 0.1) is 6.61 Å². The normalized spacial score (nSPS) is 35.0. The zero-order valence-corrected chi connectivity index (χ0v) is 14.5. The minimum Gasteiger partial charge on any atom is -0.388 e. The van der Waals surface area contributed by atoms with Gasteiger partial charge in [0.2, 0.25) is 5.91 Å². The van der Waals surface area contributed by atoms with Gasteiger partial charge < -0.3 is 29.4 Å². The first-order valence-electron chi connectivity index (χ1n) is 8.64. The van der Waals surface area contributed by atoms with E-state index < -0.39 is 36.9 Å². The van der Waals surface area contributed by atoms with E-state index in [1.54, 1.807) is 0 Å². The molecule has 7 heteroatoms. The van der Waals surface area contributed by atoms with E-state index >= 15 is 0 Å². The molecular formula is C18H25NO6. The molecule has 0 aromatic heterocycles. The van der Waals surface area contributed by atoms with Gasteiger partial charge in [-0.15, -0.1) is 0 Å². The minimum atomic E-state index is -0.959. The second-order valence-corrected chi connectivity index (χ2v) is 6.31. The average Bonchev–Trinajstić information content (AvgIpc) is 2.63. The molecule has 1 aromatic rings. The Hall–Kier alpha value is -1.51. The molecule has 0 radical (unpaired) electrons. The van der Waals surface area contributed by atoms with Crippen LogP contribution in [0.1, 0.15) is 32.1 Å². The van der Waals surface area contributed by atoms with Crippen LogP contribution >= 0.6 is 0 Å². The summed E-state index contributed by atoms with van der Waals surface area (Å²) in [4.78, 5) is 11.5. The predicted molar refractivity (Wildman–Crippen MR) is 88.5 cm³/mol. The maximum absolute atomic E-state index is 11.5. The van der Waals surface area contributed by atoms with Gasteiger partial charge in [0, 0.05) is 19.1 Å². The third-order valence-corrected chi connectivity index (χ3v) is 4.29. The standard InChI is InChI=1S/C18H25NO6/c1-3-9-22-18-14(19-11(2)20)15(21)16-13(24-18)10-23-17(25-16)12-7-5-4-6-8-12/h4-8,13-18,21H,3,9-10H2,1-2H3,(H,19,20)/t13-,14-,15+,16-,17-,18-/m1/s1. The largest absolute Gasteiger partial charge is 0.388 e. The second-order valence-electron chi connectivity index (χ2n) is 6.31. The Labute approximate surface area is 147 Å². The lowest BCUT2D eigenvalue weighted by Crippen LogP contribution is -2.66. The number of amides is 1. The first-order valence-corrected chi connectivity index (χ1v) is 8.64. The first-order chi connectivity index (χ1) is 12.1. The number of carbonyl (C=O) groups is 1. The van der Waals surface area contributed by atoms with E-state index in [1.165, 1.54) is 6.92 Å². The third-order valence-electron chi connectivity index (χ3n) is 4.29. The first kappa shape index (κ1) is 18.3. The number of aliphatic hydroxyl groups is 1. The van der Waals surface area contributed by atoms with Crippen molar-refractivity contribution < 1.29 is 28.8 Å². The van der Waals surface area contributed by atoms with Crippen LogP contribution in [0.3, 0.4) is 0 Å². The van der Waals surface area contributed by atoms with E-state index in [9.17, 15) is 9.90 Å². The van der Waals surface area contributed by atoms with E-state index in [-0.39, 0.29) is 12.5 Å². The van der Waals surface area contributed by atoms with Gasteiger partial charge in [-0.1, -0.05) is 37.3 Å². The van der Waals surface area contributed by atoms with Gasteiger partial charge in [-0.2, -0.15) is 0 Å². The summed E-state index contributed by atoms with van der Waals surface area (Å²) in [6.07, 6.45) is -2.54. The maximum Gasteiger partial charge on any atom is 0.217 e. The van der Waals surface area contributed by atoms with Crippen molar-refractivity contribution in [3.63, 3.8) is 0 Å².